The monoisotopic (exact) mass is 199 g/mol. The summed E-state index contributed by atoms with van der Waals surface area (Å²) in [6.45, 7) is 2.26. The molecule has 0 aromatic rings. The van der Waals surface area contributed by atoms with E-state index < -0.39 is 18.3 Å². The Morgan fingerprint density at radius 2 is 2.33 bits per heavy atom. The molecule has 2 heteroatoms. The van der Waals surface area contributed by atoms with Crippen LogP contribution in [0.5, 0.6) is 0 Å². The van der Waals surface area contributed by atoms with E-state index in [-0.39, 0.29) is 0 Å². The van der Waals surface area contributed by atoms with Gasteiger partial charge in [0.2, 0.25) is 0 Å². The Balaban J connectivity index is 2.49. The predicted octanol–water partition coefficient (Wildman–Crippen LogP) is 1.83. The van der Waals surface area contributed by atoms with E-state index in [0.717, 1.165) is 0 Å². The van der Waals surface area contributed by atoms with Crippen molar-refractivity contribution in [3.8, 4) is 0 Å². The van der Waals surface area contributed by atoms with Gasteiger partial charge in [-0.25, -0.2) is 0 Å². The van der Waals surface area contributed by atoms with Gasteiger partial charge in [-0.2, -0.15) is 0 Å². The van der Waals surface area contributed by atoms with Gasteiger partial charge >= 0.3 is 42.2 Å². The topological polar surface area (TPSA) is 12.4 Å². The van der Waals surface area contributed by atoms with Crippen LogP contribution >= 0.6 is 18.3 Å². The molecule has 0 spiro atoms. The van der Waals surface area contributed by atoms with Crippen molar-refractivity contribution in [1.29, 1.82) is 0 Å². The van der Waals surface area contributed by atoms with Gasteiger partial charge in [0, 0.05) is 0 Å². The predicted molar refractivity (Wildman–Crippen MR) is 37.8 cm³/mol. The van der Waals surface area contributed by atoms with Gasteiger partial charge in [0.1, 0.15) is 0 Å². The van der Waals surface area contributed by atoms with Gasteiger partial charge in [-0.3, -0.25) is 0 Å². The fraction of sp³-hybridized carbons (Fsp3) is 1.00. The second kappa shape index (κ2) is 1.25. The van der Waals surface area contributed by atoms with E-state index in [0.29, 0.717) is 0 Å². The Kier molecular flexibility index (Phi) is 0.975. The molecule has 1 atom stereocenters. The van der Waals surface area contributed by atoms with E-state index in [2.05, 4.69) is 15.0 Å². The van der Waals surface area contributed by atoms with Gasteiger partial charge in [0.25, 0.3) is 0 Å². The third-order valence-corrected chi connectivity index (χ3v) is 7.40. The molecule has 1 rings (SSSR count). The molecule has 0 aromatic carbocycles. The molecule has 6 heavy (non-hydrogen) atoms. The second-order valence-electron chi connectivity index (χ2n) is 1.64. The molecule has 1 nitrogen and oxygen atoms in total. The van der Waals surface area contributed by atoms with Crippen LogP contribution in [-0.4, -0.2) is 13.9 Å². The Hall–Kier alpha value is 0.530. The Morgan fingerprint density at radius 3 is 2.33 bits per heavy atom. The fourth-order valence-corrected chi connectivity index (χ4v) is 4.60. The van der Waals surface area contributed by atoms with E-state index in [1.54, 1.807) is 0 Å². The molecule has 1 aliphatic heterocycles. The van der Waals surface area contributed by atoms with Crippen molar-refractivity contribution in [2.75, 3.05) is 13.9 Å². The standard InChI is InChI=1S/C4H10IN/c1-3-5(2)4-6-5/h3-4H2,1-2H3. The van der Waals surface area contributed by atoms with Gasteiger partial charge in [-0.05, 0) is 0 Å². The molecule has 38 valence electrons. The molecule has 0 amide bonds. The first-order valence-electron chi connectivity index (χ1n) is 2.10. The number of hydrogen-bond acceptors (Lipinski definition) is 1. The van der Waals surface area contributed by atoms with Crippen LogP contribution in [0.2, 0.25) is 0 Å². The Morgan fingerprint density at radius 1 is 1.83 bits per heavy atom. The summed E-state index contributed by atoms with van der Waals surface area (Å²) >= 11 is -1.10. The second-order valence-corrected chi connectivity index (χ2v) is 11.0. The molecule has 0 radical (unpaired) electrons. The first-order valence-corrected chi connectivity index (χ1v) is 8.28. The van der Waals surface area contributed by atoms with Crippen LogP contribution in [0.1, 0.15) is 6.92 Å². The van der Waals surface area contributed by atoms with Crippen molar-refractivity contribution < 1.29 is 0 Å². The van der Waals surface area contributed by atoms with Crippen molar-refractivity contribution in [2.24, 2.45) is 3.15 Å². The zero-order chi connectivity index (χ0) is 4.62. The molecular formula is C4H10IN. The van der Waals surface area contributed by atoms with Gasteiger partial charge in [0.15, 0.2) is 0 Å². The Bertz CT molecular complexity index is 106. The quantitative estimate of drug-likeness (QED) is 0.347. The first-order chi connectivity index (χ1) is 2.77. The van der Waals surface area contributed by atoms with Gasteiger partial charge in [-0.15, -0.1) is 0 Å². The van der Waals surface area contributed by atoms with Crippen LogP contribution in [0.15, 0.2) is 3.15 Å². The summed E-state index contributed by atoms with van der Waals surface area (Å²) in [4.78, 5) is 2.37. The molecule has 0 aliphatic carbocycles. The third-order valence-electron chi connectivity index (χ3n) is 1.10. The van der Waals surface area contributed by atoms with Crippen molar-refractivity contribution in [3.05, 3.63) is 0 Å². The Labute approximate surface area is 42.5 Å². The minimum atomic E-state index is -1.10. The van der Waals surface area contributed by atoms with Crippen molar-refractivity contribution in [1.82, 2.24) is 0 Å². The summed E-state index contributed by atoms with van der Waals surface area (Å²) in [5, 5.41) is 0. The summed E-state index contributed by atoms with van der Waals surface area (Å²) in [6.07, 6.45) is 0. The van der Waals surface area contributed by atoms with Gasteiger partial charge < -0.3 is 0 Å². The summed E-state index contributed by atoms with van der Waals surface area (Å²) < 4.78 is 7.01. The molecule has 1 aliphatic rings. The van der Waals surface area contributed by atoms with E-state index in [9.17, 15) is 0 Å². The van der Waals surface area contributed by atoms with Crippen LogP contribution in [0.3, 0.4) is 0 Å². The van der Waals surface area contributed by atoms with E-state index in [4.69, 9.17) is 0 Å². The minimum absolute atomic E-state index is 1.10. The molecule has 0 saturated heterocycles. The molecule has 0 fully saturated rings. The van der Waals surface area contributed by atoms with E-state index in [1.165, 1.54) is 8.98 Å². The van der Waals surface area contributed by atoms with Crippen LogP contribution < -0.4 is 0 Å². The SMILES string of the molecule is CCI1(C)=NC1. The molecule has 1 heterocycles. The average Bonchev–Trinajstić information content (AvgIpc) is 2.22. The number of hydrogen-bond donors (Lipinski definition) is 0. The summed E-state index contributed by atoms with van der Waals surface area (Å²) in [6, 6.07) is 0. The van der Waals surface area contributed by atoms with Crippen LogP contribution in [-0.2, 0) is 0 Å². The molecule has 0 aromatic heterocycles. The molecular weight excluding hydrogens is 189 g/mol. The van der Waals surface area contributed by atoms with E-state index in [1.807, 2.05) is 0 Å². The zero-order valence-corrected chi connectivity index (χ0v) is 6.40. The maximum absolute atomic E-state index is 4.33. The summed E-state index contributed by atoms with van der Waals surface area (Å²) in [5.74, 6) is 0. The maximum atomic E-state index is 4.33. The fourth-order valence-electron chi connectivity index (χ4n) is 0.246. The molecule has 0 bridgehead atoms. The van der Waals surface area contributed by atoms with E-state index >= 15 is 0 Å². The van der Waals surface area contributed by atoms with Gasteiger partial charge in [0.05, 0.1) is 0 Å². The zero-order valence-electron chi connectivity index (χ0n) is 4.24. The van der Waals surface area contributed by atoms with Crippen molar-refractivity contribution in [3.63, 3.8) is 0 Å². The van der Waals surface area contributed by atoms with Crippen LogP contribution in [0.4, 0.5) is 0 Å². The van der Waals surface area contributed by atoms with Crippen LogP contribution in [0, 0.1) is 0 Å². The van der Waals surface area contributed by atoms with Gasteiger partial charge in [-0.1, -0.05) is 0 Å². The number of nitrogens with zero attached hydrogens (tertiary/aromatic N) is 1. The number of halogens is 1. The molecule has 1 unspecified atom stereocenters. The summed E-state index contributed by atoms with van der Waals surface area (Å²) in [5.41, 5.74) is 0. The normalized spacial score (nSPS) is 52.3. The molecule has 0 saturated carbocycles. The van der Waals surface area contributed by atoms with Crippen molar-refractivity contribution in [2.45, 2.75) is 6.92 Å². The van der Waals surface area contributed by atoms with Crippen LogP contribution in [0.25, 0.3) is 0 Å². The number of rotatable bonds is 1. The average molecular weight is 199 g/mol. The molecule has 0 N–H and O–H groups in total. The first kappa shape index (κ1) is 4.68. The summed E-state index contributed by atoms with van der Waals surface area (Å²) in [7, 11) is 0. The third kappa shape index (κ3) is 0.776. The van der Waals surface area contributed by atoms with Crippen molar-refractivity contribution >= 4 is 18.3 Å². The number of alkyl halides is 3.